The number of rotatable bonds is 6. The lowest BCUT2D eigenvalue weighted by Crippen LogP contribution is -2.23. The second kappa shape index (κ2) is 7.25. The molecule has 0 fully saturated rings. The van der Waals surface area contributed by atoms with E-state index in [9.17, 15) is 4.79 Å². The Morgan fingerprint density at radius 1 is 1.25 bits per heavy atom. The number of nitrogens with two attached hydrogens (primary N) is 1. The van der Waals surface area contributed by atoms with E-state index in [1.807, 2.05) is 30.3 Å². The number of hydrogen-bond acceptors (Lipinski definition) is 4. The van der Waals surface area contributed by atoms with Crippen LogP contribution in [0.5, 0.6) is 17.2 Å². The van der Waals surface area contributed by atoms with Crippen LogP contribution in [0.3, 0.4) is 0 Å². The number of primary amides is 1. The van der Waals surface area contributed by atoms with E-state index in [1.54, 1.807) is 7.11 Å². The largest absolute Gasteiger partial charge is 0.497 e. The van der Waals surface area contributed by atoms with Gasteiger partial charge < -0.3 is 19.9 Å². The molecule has 2 aromatic rings. The van der Waals surface area contributed by atoms with E-state index in [0.29, 0.717) is 18.3 Å². The maximum atomic E-state index is 10.8. The number of amides is 1. The average molecular weight is 327 g/mol. The van der Waals surface area contributed by atoms with Gasteiger partial charge in [-0.25, -0.2) is 0 Å². The molecule has 3 rings (SSSR count). The van der Waals surface area contributed by atoms with Crippen LogP contribution < -0.4 is 19.9 Å². The first-order valence-electron chi connectivity index (χ1n) is 7.94. The van der Waals surface area contributed by atoms with Crippen molar-refractivity contribution in [1.82, 2.24) is 0 Å². The maximum Gasteiger partial charge on any atom is 0.255 e. The molecule has 2 N–H and O–H groups in total. The standard InChI is InChI=1S/C19H21NO4/c1-22-16-6-5-15-8-14(11-24-18(15)10-16)7-13-3-2-4-17(9-13)23-12-19(20)21/h2-6,9-10,14H,7-8,11-12H2,1H3,(H2,20,21)/t14-/m1/s1. The molecule has 0 bridgehead atoms. The highest BCUT2D eigenvalue weighted by atomic mass is 16.5. The molecule has 1 atom stereocenters. The van der Waals surface area contributed by atoms with E-state index in [2.05, 4.69) is 12.1 Å². The van der Waals surface area contributed by atoms with Crippen molar-refractivity contribution in [3.05, 3.63) is 53.6 Å². The van der Waals surface area contributed by atoms with Gasteiger partial charge in [-0.2, -0.15) is 0 Å². The topological polar surface area (TPSA) is 70.8 Å². The third-order valence-electron chi connectivity index (χ3n) is 4.06. The number of ether oxygens (including phenoxy) is 3. The van der Waals surface area contributed by atoms with Crippen LogP contribution in [0.2, 0.25) is 0 Å². The van der Waals surface area contributed by atoms with Gasteiger partial charge in [-0.1, -0.05) is 18.2 Å². The first-order valence-corrected chi connectivity index (χ1v) is 7.94. The van der Waals surface area contributed by atoms with Crippen LogP contribution in [0, 0.1) is 5.92 Å². The van der Waals surface area contributed by atoms with E-state index < -0.39 is 5.91 Å². The molecule has 0 aliphatic carbocycles. The summed E-state index contributed by atoms with van der Waals surface area (Å²) in [6.07, 6.45) is 1.85. The van der Waals surface area contributed by atoms with Gasteiger partial charge in [-0.15, -0.1) is 0 Å². The van der Waals surface area contributed by atoms with Gasteiger partial charge in [0.15, 0.2) is 6.61 Å². The lowest BCUT2D eigenvalue weighted by Gasteiger charge is -2.25. The summed E-state index contributed by atoms with van der Waals surface area (Å²) < 4.78 is 16.5. The van der Waals surface area contributed by atoms with Crippen molar-refractivity contribution in [2.45, 2.75) is 12.8 Å². The van der Waals surface area contributed by atoms with Crippen molar-refractivity contribution < 1.29 is 19.0 Å². The molecule has 0 aromatic heterocycles. The van der Waals surface area contributed by atoms with Crippen LogP contribution in [-0.4, -0.2) is 26.2 Å². The van der Waals surface area contributed by atoms with E-state index >= 15 is 0 Å². The van der Waals surface area contributed by atoms with Crippen molar-refractivity contribution in [3.63, 3.8) is 0 Å². The third-order valence-corrected chi connectivity index (χ3v) is 4.06. The zero-order chi connectivity index (χ0) is 16.9. The number of methoxy groups -OCH3 is 1. The Labute approximate surface area is 141 Å². The highest BCUT2D eigenvalue weighted by molar-refractivity contribution is 5.75. The highest BCUT2D eigenvalue weighted by Crippen LogP contribution is 2.32. The molecule has 0 unspecified atom stereocenters. The lowest BCUT2D eigenvalue weighted by atomic mass is 9.91. The van der Waals surface area contributed by atoms with E-state index in [1.165, 1.54) is 5.56 Å². The van der Waals surface area contributed by atoms with Crippen molar-refractivity contribution in [1.29, 1.82) is 0 Å². The molecule has 1 heterocycles. The summed E-state index contributed by atoms with van der Waals surface area (Å²) in [5, 5.41) is 0. The van der Waals surface area contributed by atoms with Crippen LogP contribution in [0.4, 0.5) is 0 Å². The predicted molar refractivity (Wildman–Crippen MR) is 90.5 cm³/mol. The summed E-state index contributed by atoms with van der Waals surface area (Å²) in [6, 6.07) is 13.7. The Morgan fingerprint density at radius 2 is 2.12 bits per heavy atom. The second-order valence-electron chi connectivity index (χ2n) is 5.96. The quantitative estimate of drug-likeness (QED) is 0.884. The average Bonchev–Trinajstić information content (AvgIpc) is 2.60. The molecule has 1 aliphatic rings. The molecule has 0 saturated carbocycles. The number of fused-ring (bicyclic) bond motifs is 1. The van der Waals surface area contributed by atoms with Crippen LogP contribution in [-0.2, 0) is 17.6 Å². The minimum atomic E-state index is -0.479. The molecule has 2 aromatic carbocycles. The van der Waals surface area contributed by atoms with Crippen LogP contribution >= 0.6 is 0 Å². The van der Waals surface area contributed by atoms with Gasteiger partial charge in [0.2, 0.25) is 0 Å². The van der Waals surface area contributed by atoms with Gasteiger partial charge in [0, 0.05) is 12.0 Å². The smallest absolute Gasteiger partial charge is 0.255 e. The molecule has 0 radical (unpaired) electrons. The molecule has 0 spiro atoms. The van der Waals surface area contributed by atoms with E-state index in [0.717, 1.165) is 29.9 Å². The monoisotopic (exact) mass is 327 g/mol. The molecular weight excluding hydrogens is 306 g/mol. The van der Waals surface area contributed by atoms with Gasteiger partial charge in [-0.3, -0.25) is 4.79 Å². The van der Waals surface area contributed by atoms with Gasteiger partial charge in [0.1, 0.15) is 17.2 Å². The summed E-state index contributed by atoms with van der Waals surface area (Å²) in [5.74, 6) is 2.30. The lowest BCUT2D eigenvalue weighted by molar-refractivity contribution is -0.119. The molecule has 1 amide bonds. The molecule has 5 heteroatoms. The minimum absolute atomic E-state index is 0.106. The Balaban J connectivity index is 1.64. The highest BCUT2D eigenvalue weighted by Gasteiger charge is 2.21. The molecular formula is C19H21NO4. The van der Waals surface area contributed by atoms with Crippen molar-refractivity contribution in [3.8, 4) is 17.2 Å². The first-order chi connectivity index (χ1) is 11.6. The molecule has 5 nitrogen and oxygen atoms in total. The molecule has 126 valence electrons. The fourth-order valence-electron chi connectivity index (χ4n) is 2.92. The van der Waals surface area contributed by atoms with Gasteiger partial charge in [0.05, 0.1) is 13.7 Å². The Morgan fingerprint density at radius 3 is 2.92 bits per heavy atom. The number of carbonyl (C=O) groups is 1. The zero-order valence-corrected chi connectivity index (χ0v) is 13.7. The SMILES string of the molecule is COc1ccc2c(c1)OC[C@H](Cc1cccc(OCC(N)=O)c1)C2. The molecule has 24 heavy (non-hydrogen) atoms. The molecule has 1 aliphatic heterocycles. The van der Waals surface area contributed by atoms with Crippen LogP contribution in [0.15, 0.2) is 42.5 Å². The summed E-state index contributed by atoms with van der Waals surface area (Å²) >= 11 is 0. The van der Waals surface area contributed by atoms with Crippen molar-refractivity contribution in [2.24, 2.45) is 11.7 Å². The Hall–Kier alpha value is -2.69. The van der Waals surface area contributed by atoms with E-state index in [-0.39, 0.29) is 6.61 Å². The predicted octanol–water partition coefficient (Wildman–Crippen LogP) is 2.35. The normalized spacial score (nSPS) is 16.0. The Kier molecular flexibility index (Phi) is 4.89. The zero-order valence-electron chi connectivity index (χ0n) is 13.7. The van der Waals surface area contributed by atoms with Crippen molar-refractivity contribution >= 4 is 5.91 Å². The number of hydrogen-bond donors (Lipinski definition) is 1. The maximum absolute atomic E-state index is 10.8. The summed E-state index contributed by atoms with van der Waals surface area (Å²) in [4.78, 5) is 10.8. The van der Waals surface area contributed by atoms with Crippen LogP contribution in [0.1, 0.15) is 11.1 Å². The van der Waals surface area contributed by atoms with Gasteiger partial charge in [0.25, 0.3) is 5.91 Å². The van der Waals surface area contributed by atoms with Gasteiger partial charge >= 0.3 is 0 Å². The summed E-state index contributed by atoms with van der Waals surface area (Å²) in [5.41, 5.74) is 7.46. The summed E-state index contributed by atoms with van der Waals surface area (Å²) in [7, 11) is 1.65. The number of benzene rings is 2. The second-order valence-corrected chi connectivity index (χ2v) is 5.96. The fourth-order valence-corrected chi connectivity index (χ4v) is 2.92. The third kappa shape index (κ3) is 3.98. The minimum Gasteiger partial charge on any atom is -0.497 e. The first kappa shape index (κ1) is 16.2. The van der Waals surface area contributed by atoms with Crippen molar-refractivity contribution in [2.75, 3.05) is 20.3 Å². The fraction of sp³-hybridized carbons (Fsp3) is 0.316. The van der Waals surface area contributed by atoms with E-state index in [4.69, 9.17) is 19.9 Å². The molecule has 0 saturated heterocycles. The van der Waals surface area contributed by atoms with Crippen LogP contribution in [0.25, 0.3) is 0 Å². The summed E-state index contributed by atoms with van der Waals surface area (Å²) in [6.45, 7) is 0.567. The Bertz CT molecular complexity index is 729. The number of carbonyl (C=O) groups excluding carboxylic acids is 1. The van der Waals surface area contributed by atoms with Gasteiger partial charge in [-0.05, 0) is 42.2 Å².